The van der Waals surface area contributed by atoms with Gasteiger partial charge >= 0.3 is 0 Å². The van der Waals surface area contributed by atoms with Crippen LogP contribution in [0.1, 0.15) is 36.1 Å². The first-order chi connectivity index (χ1) is 24.0. The molecule has 1 aliphatic rings. The van der Waals surface area contributed by atoms with Crippen LogP contribution in [0, 0.1) is 0 Å². The number of rotatable bonds is 5. The van der Waals surface area contributed by atoms with Crippen molar-refractivity contribution in [2.24, 2.45) is 0 Å². The zero-order valence-corrected chi connectivity index (χ0v) is 28.3. The lowest BCUT2D eigenvalue weighted by Gasteiger charge is -2.27. The predicted molar refractivity (Wildman–Crippen MR) is 214 cm³/mol. The van der Waals surface area contributed by atoms with E-state index in [1.54, 1.807) is 0 Å². The minimum atomic E-state index is -0.0284. The Hall–Kier alpha value is -5.70. The van der Waals surface area contributed by atoms with Crippen molar-refractivity contribution in [2.45, 2.75) is 19.3 Å². The summed E-state index contributed by atoms with van der Waals surface area (Å²) in [4.78, 5) is 2.41. The van der Waals surface area contributed by atoms with Crippen molar-refractivity contribution in [1.29, 1.82) is 0 Å². The van der Waals surface area contributed by atoms with Gasteiger partial charge in [0.15, 0.2) is 0 Å². The SMILES string of the molecule is CC1(C)c2cccc3ccc4cc(/C=C/c5ccc(N(c6ccccc6)c6ccc7c(c6)sc6ccccc67)c6ccccc56)cc1c4c23. The fraction of sp³-hybridized carbons (Fsp3) is 0.0638. The zero-order valence-electron chi connectivity index (χ0n) is 27.4. The Bertz CT molecular complexity index is 2800. The smallest absolute Gasteiger partial charge is 0.0540 e. The highest BCUT2D eigenvalue weighted by Crippen LogP contribution is 2.49. The van der Waals surface area contributed by atoms with Gasteiger partial charge in [-0.1, -0.05) is 135 Å². The molecule has 1 heterocycles. The number of para-hydroxylation sites is 1. The summed E-state index contributed by atoms with van der Waals surface area (Å²) in [6, 6.07) is 55.9. The Kier molecular flexibility index (Phi) is 6.16. The van der Waals surface area contributed by atoms with Crippen LogP contribution in [0.5, 0.6) is 0 Å². The van der Waals surface area contributed by atoms with E-state index in [-0.39, 0.29) is 5.41 Å². The van der Waals surface area contributed by atoms with Crippen LogP contribution in [0.4, 0.5) is 17.1 Å². The second kappa shape index (κ2) is 10.7. The van der Waals surface area contributed by atoms with Gasteiger partial charge < -0.3 is 4.90 Å². The Morgan fingerprint density at radius 2 is 1.22 bits per heavy atom. The van der Waals surface area contributed by atoms with Gasteiger partial charge in [-0.25, -0.2) is 0 Å². The van der Waals surface area contributed by atoms with Crippen molar-refractivity contribution in [3.63, 3.8) is 0 Å². The zero-order chi connectivity index (χ0) is 32.7. The molecule has 49 heavy (non-hydrogen) atoms. The maximum atomic E-state index is 2.41. The molecule has 0 unspecified atom stereocenters. The Morgan fingerprint density at radius 3 is 2.10 bits per heavy atom. The summed E-state index contributed by atoms with van der Waals surface area (Å²) < 4.78 is 2.62. The molecule has 1 nitrogen and oxygen atoms in total. The summed E-state index contributed by atoms with van der Waals surface area (Å²) >= 11 is 1.86. The van der Waals surface area contributed by atoms with Crippen LogP contribution in [0.2, 0.25) is 0 Å². The molecule has 0 amide bonds. The number of benzene rings is 8. The van der Waals surface area contributed by atoms with Crippen molar-refractivity contribution in [3.05, 3.63) is 174 Å². The van der Waals surface area contributed by atoms with Crippen molar-refractivity contribution < 1.29 is 0 Å². The predicted octanol–water partition coefficient (Wildman–Crippen LogP) is 13.8. The molecule has 0 atom stereocenters. The number of hydrogen-bond donors (Lipinski definition) is 0. The Morgan fingerprint density at radius 1 is 0.490 bits per heavy atom. The van der Waals surface area contributed by atoms with Gasteiger partial charge in [-0.15, -0.1) is 11.3 Å². The molecule has 0 N–H and O–H groups in total. The maximum absolute atomic E-state index is 2.41. The van der Waals surface area contributed by atoms with E-state index in [4.69, 9.17) is 0 Å². The van der Waals surface area contributed by atoms with Crippen LogP contribution >= 0.6 is 11.3 Å². The molecule has 0 bridgehead atoms. The largest absolute Gasteiger partial charge is 0.310 e. The summed E-state index contributed by atoms with van der Waals surface area (Å²) in [6.45, 7) is 4.74. The van der Waals surface area contributed by atoms with E-state index in [2.05, 4.69) is 183 Å². The standard InChI is InChI=1S/C47H33NS/c1-47(2)40-17-10-11-32-21-22-33-27-30(28-41(47)46(33)45(32)40)19-20-31-23-26-42(37-15-7-6-14-36(31)37)48(34-12-4-3-5-13-34)35-24-25-39-38-16-8-9-18-43(38)49-44(39)29-35/h3-29H,1-2H3/b20-19+. The molecule has 232 valence electrons. The third-order valence-electron chi connectivity index (χ3n) is 10.6. The van der Waals surface area contributed by atoms with Crippen LogP contribution in [-0.4, -0.2) is 0 Å². The molecule has 1 aromatic heterocycles. The van der Waals surface area contributed by atoms with Gasteiger partial charge in [-0.3, -0.25) is 0 Å². The highest BCUT2D eigenvalue weighted by Gasteiger charge is 2.33. The molecule has 0 aliphatic heterocycles. The van der Waals surface area contributed by atoms with Crippen LogP contribution in [0.25, 0.3) is 64.6 Å². The first kappa shape index (κ1) is 28.3. The summed E-state index contributed by atoms with van der Waals surface area (Å²) in [6.07, 6.45) is 4.59. The molecule has 0 saturated heterocycles. The minimum absolute atomic E-state index is 0.0284. The van der Waals surface area contributed by atoms with E-state index in [1.165, 1.54) is 80.4 Å². The molecule has 0 radical (unpaired) electrons. The molecule has 0 fully saturated rings. The van der Waals surface area contributed by atoms with Gasteiger partial charge in [0.05, 0.1) is 5.69 Å². The van der Waals surface area contributed by atoms with Crippen LogP contribution in [0.3, 0.4) is 0 Å². The van der Waals surface area contributed by atoms with Crippen molar-refractivity contribution in [3.8, 4) is 0 Å². The highest BCUT2D eigenvalue weighted by molar-refractivity contribution is 7.25. The summed E-state index contributed by atoms with van der Waals surface area (Å²) in [5.74, 6) is 0. The number of fused-ring (bicyclic) bond motifs is 4. The highest BCUT2D eigenvalue weighted by atomic mass is 32.1. The van der Waals surface area contributed by atoms with Gasteiger partial charge in [0.1, 0.15) is 0 Å². The lowest BCUT2D eigenvalue weighted by molar-refractivity contribution is 0.662. The second-order valence-electron chi connectivity index (χ2n) is 13.8. The van der Waals surface area contributed by atoms with E-state index in [0.29, 0.717) is 0 Å². The Labute approximate surface area is 290 Å². The summed E-state index contributed by atoms with van der Waals surface area (Å²) in [5, 5.41) is 10.6. The molecule has 8 aromatic carbocycles. The van der Waals surface area contributed by atoms with E-state index >= 15 is 0 Å². The van der Waals surface area contributed by atoms with Crippen molar-refractivity contribution in [2.75, 3.05) is 4.90 Å². The number of anilines is 3. The number of hydrogen-bond acceptors (Lipinski definition) is 2. The van der Waals surface area contributed by atoms with E-state index in [1.807, 2.05) is 11.3 Å². The quantitative estimate of drug-likeness (QED) is 0.133. The van der Waals surface area contributed by atoms with Gasteiger partial charge in [-0.05, 0) is 91.6 Å². The van der Waals surface area contributed by atoms with Gasteiger partial charge in [0, 0.05) is 42.3 Å². The van der Waals surface area contributed by atoms with Crippen LogP contribution < -0.4 is 4.90 Å². The lowest BCUT2D eigenvalue weighted by Crippen LogP contribution is -2.15. The summed E-state index contributed by atoms with van der Waals surface area (Å²) in [5.41, 5.74) is 8.74. The van der Waals surface area contributed by atoms with Crippen LogP contribution in [-0.2, 0) is 5.41 Å². The first-order valence-electron chi connectivity index (χ1n) is 17.0. The topological polar surface area (TPSA) is 3.24 Å². The van der Waals surface area contributed by atoms with Crippen molar-refractivity contribution in [1.82, 2.24) is 0 Å². The first-order valence-corrected chi connectivity index (χ1v) is 17.8. The number of nitrogens with zero attached hydrogens (tertiary/aromatic N) is 1. The lowest BCUT2D eigenvalue weighted by atomic mass is 9.81. The van der Waals surface area contributed by atoms with Crippen LogP contribution in [0.15, 0.2) is 152 Å². The van der Waals surface area contributed by atoms with Gasteiger partial charge in [-0.2, -0.15) is 0 Å². The third kappa shape index (κ3) is 4.31. The average molecular weight is 644 g/mol. The molecule has 2 heteroatoms. The normalized spacial score (nSPS) is 13.6. The third-order valence-corrected chi connectivity index (χ3v) is 11.7. The maximum Gasteiger partial charge on any atom is 0.0540 e. The van der Waals surface area contributed by atoms with Gasteiger partial charge in [0.25, 0.3) is 0 Å². The fourth-order valence-corrected chi connectivity index (χ4v) is 9.35. The van der Waals surface area contributed by atoms with Crippen molar-refractivity contribution >= 4 is 93.0 Å². The molecule has 0 saturated carbocycles. The molecular weight excluding hydrogens is 611 g/mol. The number of thiophene rings is 1. The molecule has 1 aliphatic carbocycles. The van der Waals surface area contributed by atoms with Gasteiger partial charge in [0.2, 0.25) is 0 Å². The molecule has 0 spiro atoms. The second-order valence-corrected chi connectivity index (χ2v) is 14.8. The molecule has 10 rings (SSSR count). The Balaban J connectivity index is 1.10. The summed E-state index contributed by atoms with van der Waals surface area (Å²) in [7, 11) is 0. The minimum Gasteiger partial charge on any atom is -0.310 e. The molecule has 9 aromatic rings. The fourth-order valence-electron chi connectivity index (χ4n) is 8.21. The molecular formula is C47H33NS. The monoisotopic (exact) mass is 643 g/mol. The average Bonchev–Trinajstić information content (AvgIpc) is 3.63. The van der Waals surface area contributed by atoms with E-state index in [9.17, 15) is 0 Å². The van der Waals surface area contributed by atoms with E-state index < -0.39 is 0 Å². The van der Waals surface area contributed by atoms with E-state index in [0.717, 1.165) is 11.4 Å².